The number of thioether (sulfide) groups is 1. The number of hydrogen-bond acceptors (Lipinski definition) is 5. The SMILES string of the molecule is CCn1c(CC(=O)Nc2ccc(Cl)cc2)nnc1SCC(=O)Nc1cccc(Cl)c1. The van der Waals surface area contributed by atoms with Gasteiger partial charge < -0.3 is 15.2 Å². The molecule has 0 aliphatic carbocycles. The molecule has 0 fully saturated rings. The fourth-order valence-corrected chi connectivity index (χ4v) is 3.79. The quantitative estimate of drug-likeness (QED) is 0.479. The van der Waals surface area contributed by atoms with Crippen LogP contribution in [0.15, 0.2) is 53.7 Å². The molecule has 0 bridgehead atoms. The van der Waals surface area contributed by atoms with Crippen LogP contribution < -0.4 is 10.6 Å². The predicted octanol–water partition coefficient (Wildman–Crippen LogP) is 4.52. The number of benzene rings is 2. The number of nitrogens with one attached hydrogen (secondary N) is 2. The van der Waals surface area contributed by atoms with E-state index >= 15 is 0 Å². The van der Waals surface area contributed by atoms with Crippen LogP contribution in [0.25, 0.3) is 0 Å². The van der Waals surface area contributed by atoms with Gasteiger partial charge in [-0.2, -0.15) is 0 Å². The van der Waals surface area contributed by atoms with Crippen molar-refractivity contribution in [1.29, 1.82) is 0 Å². The third kappa shape index (κ3) is 6.22. The molecule has 30 heavy (non-hydrogen) atoms. The highest BCUT2D eigenvalue weighted by Crippen LogP contribution is 2.20. The molecule has 2 aromatic carbocycles. The molecule has 3 rings (SSSR count). The van der Waals surface area contributed by atoms with Crippen LogP contribution in [0.3, 0.4) is 0 Å². The lowest BCUT2D eigenvalue weighted by Gasteiger charge is -2.08. The third-order valence-corrected chi connectivity index (χ3v) is 5.45. The summed E-state index contributed by atoms with van der Waals surface area (Å²) in [6.45, 7) is 2.51. The molecule has 0 spiro atoms. The summed E-state index contributed by atoms with van der Waals surface area (Å²) in [5.74, 6) is 0.285. The molecule has 0 aliphatic heterocycles. The van der Waals surface area contributed by atoms with Gasteiger partial charge in [0.05, 0.1) is 12.2 Å². The average Bonchev–Trinajstić information content (AvgIpc) is 3.09. The first kappa shape index (κ1) is 22.1. The second-order valence-corrected chi connectivity index (χ2v) is 8.04. The van der Waals surface area contributed by atoms with Crippen LogP contribution in [-0.4, -0.2) is 32.3 Å². The molecular formula is C20H19Cl2N5O2S. The van der Waals surface area contributed by atoms with Crippen LogP contribution in [0, 0.1) is 0 Å². The van der Waals surface area contributed by atoms with Gasteiger partial charge in [0.1, 0.15) is 5.82 Å². The molecular weight excluding hydrogens is 445 g/mol. The number of halogens is 2. The smallest absolute Gasteiger partial charge is 0.234 e. The number of amides is 2. The Hall–Kier alpha value is -2.55. The molecule has 10 heteroatoms. The van der Waals surface area contributed by atoms with Gasteiger partial charge >= 0.3 is 0 Å². The van der Waals surface area contributed by atoms with Gasteiger partial charge in [-0.1, -0.05) is 41.0 Å². The van der Waals surface area contributed by atoms with E-state index in [2.05, 4.69) is 20.8 Å². The Labute approximate surface area is 188 Å². The van der Waals surface area contributed by atoms with Gasteiger partial charge in [-0.15, -0.1) is 10.2 Å². The lowest BCUT2D eigenvalue weighted by molar-refractivity contribution is -0.116. The van der Waals surface area contributed by atoms with Crippen molar-refractivity contribution >= 4 is 58.2 Å². The summed E-state index contributed by atoms with van der Waals surface area (Å²) in [7, 11) is 0. The van der Waals surface area contributed by atoms with Crippen LogP contribution >= 0.6 is 35.0 Å². The zero-order valence-corrected chi connectivity index (χ0v) is 18.4. The molecule has 0 atom stereocenters. The van der Waals surface area contributed by atoms with Crippen LogP contribution in [0.1, 0.15) is 12.7 Å². The monoisotopic (exact) mass is 463 g/mol. The molecule has 0 unspecified atom stereocenters. The fourth-order valence-electron chi connectivity index (χ4n) is 2.65. The van der Waals surface area contributed by atoms with Crippen LogP contribution in [0.5, 0.6) is 0 Å². The summed E-state index contributed by atoms with van der Waals surface area (Å²) < 4.78 is 1.82. The standard InChI is InChI=1S/C20H19Cl2N5O2S/c1-2-27-17(11-18(28)23-15-8-6-13(21)7-9-15)25-26-20(27)30-12-19(29)24-16-5-3-4-14(22)10-16/h3-10H,2,11-12H2,1H3,(H,23,28)(H,24,29). The van der Waals surface area contributed by atoms with E-state index in [1.54, 1.807) is 48.5 Å². The number of nitrogens with zero attached hydrogens (tertiary/aromatic N) is 3. The Balaban J connectivity index is 1.57. The molecule has 156 valence electrons. The Morgan fingerprint density at radius 2 is 1.70 bits per heavy atom. The molecule has 0 radical (unpaired) electrons. The van der Waals surface area contributed by atoms with E-state index in [-0.39, 0.29) is 24.0 Å². The first-order valence-electron chi connectivity index (χ1n) is 9.10. The number of rotatable bonds is 8. The minimum atomic E-state index is -0.213. The maximum atomic E-state index is 12.3. The summed E-state index contributed by atoms with van der Waals surface area (Å²) in [4.78, 5) is 24.5. The number of hydrogen-bond donors (Lipinski definition) is 2. The maximum Gasteiger partial charge on any atom is 0.234 e. The van der Waals surface area contributed by atoms with E-state index in [0.717, 1.165) is 0 Å². The van der Waals surface area contributed by atoms with E-state index in [0.29, 0.717) is 38.9 Å². The molecule has 0 saturated carbocycles. The van der Waals surface area contributed by atoms with Crippen molar-refractivity contribution in [1.82, 2.24) is 14.8 Å². The minimum absolute atomic E-state index is 0.0682. The molecule has 1 aromatic heterocycles. The molecule has 2 amide bonds. The first-order chi connectivity index (χ1) is 14.4. The van der Waals surface area contributed by atoms with Crippen molar-refractivity contribution in [3.8, 4) is 0 Å². The van der Waals surface area contributed by atoms with Gasteiger partial charge in [-0.25, -0.2) is 0 Å². The van der Waals surface area contributed by atoms with E-state index in [4.69, 9.17) is 23.2 Å². The van der Waals surface area contributed by atoms with Crippen LogP contribution in [0.4, 0.5) is 11.4 Å². The number of anilines is 2. The molecule has 2 N–H and O–H groups in total. The second-order valence-electron chi connectivity index (χ2n) is 6.22. The summed E-state index contributed by atoms with van der Waals surface area (Å²) >= 11 is 13.0. The van der Waals surface area contributed by atoms with Gasteiger partial charge in [-0.05, 0) is 49.4 Å². The molecule has 0 saturated heterocycles. The summed E-state index contributed by atoms with van der Waals surface area (Å²) in [5, 5.41) is 15.6. The van der Waals surface area contributed by atoms with Crippen molar-refractivity contribution in [3.05, 3.63) is 64.4 Å². The molecule has 7 nitrogen and oxygen atoms in total. The van der Waals surface area contributed by atoms with Gasteiger partial charge in [-0.3, -0.25) is 9.59 Å². The van der Waals surface area contributed by atoms with Crippen molar-refractivity contribution in [2.75, 3.05) is 16.4 Å². The summed E-state index contributed by atoms with van der Waals surface area (Å²) in [5.41, 5.74) is 1.28. The molecule has 3 aromatic rings. The lowest BCUT2D eigenvalue weighted by atomic mass is 10.3. The molecule has 0 aliphatic rings. The van der Waals surface area contributed by atoms with E-state index in [1.165, 1.54) is 11.8 Å². The Morgan fingerprint density at radius 3 is 2.40 bits per heavy atom. The fraction of sp³-hybridized carbons (Fsp3) is 0.200. The second kappa shape index (κ2) is 10.5. The van der Waals surface area contributed by atoms with Crippen molar-refractivity contribution in [2.45, 2.75) is 25.0 Å². The Kier molecular flexibility index (Phi) is 7.73. The maximum absolute atomic E-state index is 12.3. The van der Waals surface area contributed by atoms with Crippen molar-refractivity contribution < 1.29 is 9.59 Å². The minimum Gasteiger partial charge on any atom is -0.326 e. The highest BCUT2D eigenvalue weighted by molar-refractivity contribution is 7.99. The lowest BCUT2D eigenvalue weighted by Crippen LogP contribution is -2.18. The Bertz CT molecular complexity index is 1040. The number of carbonyl (C=O) groups excluding carboxylic acids is 2. The zero-order chi connectivity index (χ0) is 21.5. The summed E-state index contributed by atoms with van der Waals surface area (Å²) in [6, 6.07) is 13.8. The van der Waals surface area contributed by atoms with E-state index < -0.39 is 0 Å². The van der Waals surface area contributed by atoms with E-state index in [9.17, 15) is 9.59 Å². The predicted molar refractivity (Wildman–Crippen MR) is 120 cm³/mol. The van der Waals surface area contributed by atoms with Crippen LogP contribution in [-0.2, 0) is 22.6 Å². The zero-order valence-electron chi connectivity index (χ0n) is 16.1. The van der Waals surface area contributed by atoms with Gasteiger partial charge in [0.25, 0.3) is 0 Å². The van der Waals surface area contributed by atoms with Crippen molar-refractivity contribution in [3.63, 3.8) is 0 Å². The normalized spacial score (nSPS) is 10.6. The molecule has 1 heterocycles. The number of carbonyl (C=O) groups is 2. The summed E-state index contributed by atoms with van der Waals surface area (Å²) in [6.07, 6.45) is 0.0682. The highest BCUT2D eigenvalue weighted by atomic mass is 35.5. The largest absolute Gasteiger partial charge is 0.326 e. The van der Waals surface area contributed by atoms with Gasteiger partial charge in [0.2, 0.25) is 11.8 Å². The van der Waals surface area contributed by atoms with Crippen LogP contribution in [0.2, 0.25) is 10.0 Å². The van der Waals surface area contributed by atoms with Gasteiger partial charge in [0, 0.05) is 28.0 Å². The van der Waals surface area contributed by atoms with E-state index in [1.807, 2.05) is 11.5 Å². The van der Waals surface area contributed by atoms with Gasteiger partial charge in [0.15, 0.2) is 5.16 Å². The highest BCUT2D eigenvalue weighted by Gasteiger charge is 2.16. The third-order valence-electron chi connectivity index (χ3n) is 4.00. The average molecular weight is 464 g/mol. The first-order valence-corrected chi connectivity index (χ1v) is 10.8. The Morgan fingerprint density at radius 1 is 0.967 bits per heavy atom. The topological polar surface area (TPSA) is 88.9 Å². The van der Waals surface area contributed by atoms with Crippen molar-refractivity contribution in [2.24, 2.45) is 0 Å². The number of aromatic nitrogens is 3.